The van der Waals surface area contributed by atoms with Gasteiger partial charge in [-0.2, -0.15) is 0 Å². The van der Waals surface area contributed by atoms with Gasteiger partial charge in [0.25, 0.3) is 0 Å². The molecule has 0 rings (SSSR count). The molecule has 0 radical (unpaired) electrons. The second-order valence-corrected chi connectivity index (χ2v) is 1.60. The summed E-state index contributed by atoms with van der Waals surface area (Å²) in [6.45, 7) is 7.08. The molecule has 0 aliphatic heterocycles. The normalized spacial score (nSPS) is 11.5. The van der Waals surface area contributed by atoms with E-state index in [2.05, 4.69) is 13.2 Å². The van der Waals surface area contributed by atoms with E-state index in [0.29, 0.717) is 0 Å². The minimum atomic E-state index is 0.748. The van der Waals surface area contributed by atoms with Crippen LogP contribution in [0.4, 0.5) is 0 Å². The monoisotopic (exact) mass is 136 g/mol. The van der Waals surface area contributed by atoms with E-state index in [9.17, 15) is 0 Å². The third-order valence-electron chi connectivity index (χ3n) is 0.945. The van der Waals surface area contributed by atoms with Gasteiger partial charge in [0, 0.05) is 0 Å². The van der Waals surface area contributed by atoms with E-state index in [1.54, 1.807) is 19.3 Å². The summed E-state index contributed by atoms with van der Waals surface area (Å²) < 4.78 is 4.90. The molecule has 54 valence electrons. The van der Waals surface area contributed by atoms with Crippen LogP contribution in [0.1, 0.15) is 0 Å². The first-order valence-corrected chi connectivity index (χ1v) is 3.01. The van der Waals surface area contributed by atoms with E-state index < -0.39 is 0 Å². The SMILES string of the molecule is C=C/C=C\C=C(/C=C)OC. The molecule has 0 N–H and O–H groups in total. The Morgan fingerprint density at radius 1 is 1.30 bits per heavy atom. The van der Waals surface area contributed by atoms with Gasteiger partial charge in [-0.15, -0.1) is 0 Å². The molecule has 0 bridgehead atoms. The smallest absolute Gasteiger partial charge is 0.118 e. The van der Waals surface area contributed by atoms with Gasteiger partial charge in [-0.05, 0) is 12.2 Å². The molecule has 0 atom stereocenters. The van der Waals surface area contributed by atoms with E-state index in [1.165, 1.54) is 0 Å². The fourth-order valence-corrected chi connectivity index (χ4v) is 0.448. The highest BCUT2D eigenvalue weighted by Crippen LogP contribution is 1.95. The molecule has 0 aromatic heterocycles. The Bertz CT molecular complexity index is 164. The van der Waals surface area contributed by atoms with Crippen LogP contribution in [0, 0.1) is 0 Å². The van der Waals surface area contributed by atoms with E-state index in [4.69, 9.17) is 4.74 Å². The zero-order chi connectivity index (χ0) is 7.82. The van der Waals surface area contributed by atoms with Gasteiger partial charge in [0.15, 0.2) is 0 Å². The molecule has 0 spiro atoms. The maximum Gasteiger partial charge on any atom is 0.118 e. The lowest BCUT2D eigenvalue weighted by Crippen LogP contribution is -1.77. The number of hydrogen-bond acceptors (Lipinski definition) is 1. The van der Waals surface area contributed by atoms with Crippen molar-refractivity contribution in [1.29, 1.82) is 0 Å². The van der Waals surface area contributed by atoms with Crippen LogP contribution < -0.4 is 0 Å². The summed E-state index contributed by atoms with van der Waals surface area (Å²) in [5.74, 6) is 0.748. The molecular weight excluding hydrogens is 124 g/mol. The summed E-state index contributed by atoms with van der Waals surface area (Å²) in [5, 5.41) is 0. The van der Waals surface area contributed by atoms with Crippen molar-refractivity contribution >= 4 is 0 Å². The molecule has 0 heterocycles. The van der Waals surface area contributed by atoms with Gasteiger partial charge in [0.2, 0.25) is 0 Å². The lowest BCUT2D eigenvalue weighted by atomic mass is 10.4. The molecule has 0 aliphatic carbocycles. The molecule has 0 saturated carbocycles. The van der Waals surface area contributed by atoms with Crippen molar-refractivity contribution < 1.29 is 4.74 Å². The Hall–Kier alpha value is -1.24. The summed E-state index contributed by atoms with van der Waals surface area (Å²) in [4.78, 5) is 0. The average molecular weight is 136 g/mol. The van der Waals surface area contributed by atoms with Crippen LogP contribution in [-0.4, -0.2) is 7.11 Å². The van der Waals surface area contributed by atoms with Gasteiger partial charge in [-0.1, -0.05) is 31.4 Å². The van der Waals surface area contributed by atoms with E-state index >= 15 is 0 Å². The first-order chi connectivity index (χ1) is 4.85. The molecule has 0 aromatic rings. The molecule has 1 nitrogen and oxygen atoms in total. The Morgan fingerprint density at radius 3 is 2.40 bits per heavy atom. The average Bonchev–Trinajstić information content (AvgIpc) is 1.99. The third-order valence-corrected chi connectivity index (χ3v) is 0.945. The molecule has 1 heteroatoms. The number of rotatable bonds is 4. The van der Waals surface area contributed by atoms with Crippen molar-refractivity contribution in [2.75, 3.05) is 7.11 Å². The fourth-order valence-electron chi connectivity index (χ4n) is 0.448. The molecule has 0 unspecified atom stereocenters. The second-order valence-electron chi connectivity index (χ2n) is 1.60. The maximum absolute atomic E-state index is 4.90. The number of ether oxygens (including phenoxy) is 1. The zero-order valence-electron chi connectivity index (χ0n) is 6.21. The number of methoxy groups -OCH3 is 1. The number of allylic oxidation sites excluding steroid dienone is 5. The van der Waals surface area contributed by atoms with Gasteiger partial charge in [-0.3, -0.25) is 0 Å². The molecular formula is C9H12O. The minimum absolute atomic E-state index is 0.748. The van der Waals surface area contributed by atoms with Crippen LogP contribution in [0.2, 0.25) is 0 Å². The second kappa shape index (κ2) is 5.89. The molecule has 0 amide bonds. The van der Waals surface area contributed by atoms with Crippen molar-refractivity contribution in [3.8, 4) is 0 Å². The highest BCUT2D eigenvalue weighted by molar-refractivity contribution is 5.18. The molecule has 10 heavy (non-hydrogen) atoms. The Kier molecular flexibility index (Phi) is 5.16. The highest BCUT2D eigenvalue weighted by Gasteiger charge is 1.80. The first-order valence-electron chi connectivity index (χ1n) is 3.01. The zero-order valence-corrected chi connectivity index (χ0v) is 6.21. The van der Waals surface area contributed by atoms with Crippen LogP contribution in [0.25, 0.3) is 0 Å². The topological polar surface area (TPSA) is 9.23 Å². The van der Waals surface area contributed by atoms with Crippen molar-refractivity contribution in [3.05, 3.63) is 49.3 Å². The lowest BCUT2D eigenvalue weighted by Gasteiger charge is -1.94. The minimum Gasteiger partial charge on any atom is -0.497 e. The molecule has 0 aromatic carbocycles. The van der Waals surface area contributed by atoms with E-state index in [0.717, 1.165) is 5.76 Å². The van der Waals surface area contributed by atoms with Crippen LogP contribution in [0.5, 0.6) is 0 Å². The standard InChI is InChI=1S/C9H12O/c1-4-6-7-8-9(5-2)10-3/h4-8H,1-2H2,3H3/b7-6-,9-8+. The van der Waals surface area contributed by atoms with Crippen LogP contribution in [-0.2, 0) is 4.74 Å². The third kappa shape index (κ3) is 3.72. The van der Waals surface area contributed by atoms with Crippen LogP contribution in [0.3, 0.4) is 0 Å². The molecule has 0 saturated heterocycles. The Morgan fingerprint density at radius 2 is 2.00 bits per heavy atom. The maximum atomic E-state index is 4.90. The summed E-state index contributed by atoms with van der Waals surface area (Å²) in [7, 11) is 1.61. The Labute approximate surface area is 62.0 Å². The highest BCUT2D eigenvalue weighted by atomic mass is 16.5. The van der Waals surface area contributed by atoms with Crippen molar-refractivity contribution in [2.45, 2.75) is 0 Å². The van der Waals surface area contributed by atoms with E-state index in [-0.39, 0.29) is 0 Å². The molecule has 0 fully saturated rings. The van der Waals surface area contributed by atoms with Gasteiger partial charge < -0.3 is 4.74 Å². The summed E-state index contributed by atoms with van der Waals surface area (Å²) in [5.41, 5.74) is 0. The fraction of sp³-hybridized carbons (Fsp3) is 0.111. The van der Waals surface area contributed by atoms with Gasteiger partial charge in [0.1, 0.15) is 5.76 Å². The Balaban J connectivity index is 3.97. The van der Waals surface area contributed by atoms with Gasteiger partial charge in [0.05, 0.1) is 7.11 Å². The molecule has 0 aliphatic rings. The number of hydrogen-bond donors (Lipinski definition) is 0. The summed E-state index contributed by atoms with van der Waals surface area (Å²) in [6.07, 6.45) is 8.82. The first kappa shape index (κ1) is 8.76. The van der Waals surface area contributed by atoms with Gasteiger partial charge >= 0.3 is 0 Å². The van der Waals surface area contributed by atoms with Crippen molar-refractivity contribution in [2.24, 2.45) is 0 Å². The summed E-state index contributed by atoms with van der Waals surface area (Å²) >= 11 is 0. The summed E-state index contributed by atoms with van der Waals surface area (Å²) in [6, 6.07) is 0. The van der Waals surface area contributed by atoms with Crippen LogP contribution >= 0.6 is 0 Å². The largest absolute Gasteiger partial charge is 0.497 e. The van der Waals surface area contributed by atoms with Crippen molar-refractivity contribution in [1.82, 2.24) is 0 Å². The predicted octanol–water partition coefficient (Wildman–Crippen LogP) is 2.44. The van der Waals surface area contributed by atoms with Crippen molar-refractivity contribution in [3.63, 3.8) is 0 Å². The predicted molar refractivity (Wildman–Crippen MR) is 44.6 cm³/mol. The lowest BCUT2D eigenvalue weighted by molar-refractivity contribution is 0.307. The van der Waals surface area contributed by atoms with Crippen LogP contribution in [0.15, 0.2) is 49.3 Å². The quantitative estimate of drug-likeness (QED) is 0.426. The van der Waals surface area contributed by atoms with E-state index in [1.807, 2.05) is 18.2 Å². The van der Waals surface area contributed by atoms with Gasteiger partial charge in [-0.25, -0.2) is 0 Å².